The molecule has 6 rings (SSSR count). The van der Waals surface area contributed by atoms with E-state index >= 15 is 0 Å². The topological polar surface area (TPSA) is 123 Å². The van der Waals surface area contributed by atoms with Gasteiger partial charge in [0.05, 0.1) is 21.3 Å². The number of thioether (sulfide) groups is 2. The molecule has 0 bridgehead atoms. The Morgan fingerprint density at radius 1 is 0.538 bits per heavy atom. The number of benzene rings is 4. The van der Waals surface area contributed by atoms with Crippen molar-refractivity contribution in [2.24, 2.45) is 0 Å². The van der Waals surface area contributed by atoms with E-state index in [2.05, 4.69) is 79.2 Å². The predicted molar refractivity (Wildman–Crippen MR) is 267 cm³/mol. The van der Waals surface area contributed by atoms with Crippen molar-refractivity contribution in [1.82, 2.24) is 0 Å². The molecule has 354 valence electrons. The third kappa shape index (κ3) is 14.9. The van der Waals surface area contributed by atoms with Crippen molar-refractivity contribution in [2.75, 3.05) is 32.8 Å². The zero-order valence-corrected chi connectivity index (χ0v) is 41.2. The van der Waals surface area contributed by atoms with Crippen LogP contribution >= 0.6 is 23.5 Å². The molecule has 3 N–H and O–H groups in total. The van der Waals surface area contributed by atoms with Crippen molar-refractivity contribution in [2.45, 2.75) is 162 Å². The summed E-state index contributed by atoms with van der Waals surface area (Å²) in [5.41, 5.74) is 5.46. The maximum absolute atomic E-state index is 11.2. The molecule has 0 radical (unpaired) electrons. The van der Waals surface area contributed by atoms with Gasteiger partial charge >= 0.3 is 11.9 Å². The summed E-state index contributed by atoms with van der Waals surface area (Å²) in [5, 5.41) is 28.5. The van der Waals surface area contributed by atoms with Crippen LogP contribution in [0.2, 0.25) is 0 Å². The Bertz CT molecular complexity index is 2070. The molecule has 4 atom stereocenters. The van der Waals surface area contributed by atoms with E-state index in [1.165, 1.54) is 103 Å². The Morgan fingerprint density at radius 2 is 0.954 bits per heavy atom. The van der Waals surface area contributed by atoms with E-state index in [0.29, 0.717) is 36.2 Å². The number of hydrogen-bond acceptors (Lipinski definition) is 9. The molecule has 3 unspecified atom stereocenters. The van der Waals surface area contributed by atoms with Gasteiger partial charge in [-0.25, -0.2) is 0 Å². The van der Waals surface area contributed by atoms with Crippen LogP contribution in [0.25, 0.3) is 0 Å². The fraction of sp³-hybridized carbons (Fsp3) is 0.527. The van der Waals surface area contributed by atoms with Crippen LogP contribution < -0.4 is 9.47 Å². The number of rotatable bonds is 24. The number of esters is 1. The molecular formula is C55H74O8S2. The van der Waals surface area contributed by atoms with Crippen molar-refractivity contribution in [3.05, 3.63) is 107 Å². The van der Waals surface area contributed by atoms with Gasteiger partial charge in [0.2, 0.25) is 0 Å². The monoisotopic (exact) mass is 926 g/mol. The molecule has 0 fully saturated rings. The Kier molecular flexibility index (Phi) is 20.8. The quantitative estimate of drug-likeness (QED) is 0.0462. The first-order valence-corrected chi connectivity index (χ1v) is 25.9. The lowest BCUT2D eigenvalue weighted by molar-refractivity contribution is -0.141. The number of phenols is 2. The lowest BCUT2D eigenvalue weighted by Gasteiger charge is -2.43. The first-order chi connectivity index (χ1) is 31.4. The van der Waals surface area contributed by atoms with Crippen LogP contribution in [0.5, 0.6) is 23.0 Å². The third-order valence-electron chi connectivity index (χ3n) is 13.8. The van der Waals surface area contributed by atoms with Gasteiger partial charge in [0, 0.05) is 45.0 Å². The van der Waals surface area contributed by atoms with Gasteiger partial charge in [0.1, 0.15) is 23.0 Å². The molecule has 8 nitrogen and oxygen atoms in total. The molecule has 4 aromatic rings. The zero-order chi connectivity index (χ0) is 46.7. The number of unbranched alkanes of at least 4 members (excludes halogenated alkanes) is 12. The van der Waals surface area contributed by atoms with Crippen molar-refractivity contribution in [3.63, 3.8) is 0 Å². The average molecular weight is 927 g/mol. The molecular weight excluding hydrogens is 853 g/mol. The summed E-state index contributed by atoms with van der Waals surface area (Å²) in [6.45, 7) is 4.76. The van der Waals surface area contributed by atoms with Crippen LogP contribution in [-0.2, 0) is 25.2 Å². The van der Waals surface area contributed by atoms with E-state index in [-0.39, 0.29) is 16.8 Å². The number of methoxy groups -OCH3 is 3. The number of fused-ring (bicyclic) bond motifs is 2. The summed E-state index contributed by atoms with van der Waals surface area (Å²) in [4.78, 5) is 24.3. The molecule has 0 aromatic heterocycles. The standard InChI is InChI=1S/C28H38O4S.C27H36O4S/c1-28(21-13-15-22(31-2)16-14-21)20-33-26-19-23(32-3)17-18-24(26)25(28)11-9-7-5-4-6-8-10-12-27(29)30;1-27(20-12-14-21(28)15-13-20)19-32-25-18-22(29)16-17-23(25)24(27)10-8-6-4-3-5-7-9-11-26(30)31-2/h13-19,25H,4-12,20H2,1-3H3,(H,29,30);12-18,24,28-29H,3-11,19H2,1-2H3/t;24-,27?/m.1/s1. The molecule has 4 aromatic carbocycles. The average Bonchev–Trinajstić information content (AvgIpc) is 3.31. The molecule has 0 aliphatic carbocycles. The molecule has 2 aliphatic rings. The number of carbonyl (C=O) groups excluding carboxylic acids is 1. The summed E-state index contributed by atoms with van der Waals surface area (Å²) < 4.78 is 15.6. The van der Waals surface area contributed by atoms with E-state index in [1.54, 1.807) is 26.4 Å². The predicted octanol–water partition coefficient (Wildman–Crippen LogP) is 14.4. The molecule has 0 amide bonds. The highest BCUT2D eigenvalue weighted by molar-refractivity contribution is 7.99. The molecule has 0 saturated carbocycles. The molecule has 2 heterocycles. The Hall–Kier alpha value is -4.28. The number of aliphatic carboxylic acids is 1. The van der Waals surface area contributed by atoms with Gasteiger partial charge in [-0.1, -0.05) is 127 Å². The maximum atomic E-state index is 11.2. The summed E-state index contributed by atoms with van der Waals surface area (Å²) in [7, 11) is 4.89. The Labute approximate surface area is 397 Å². The van der Waals surface area contributed by atoms with Crippen LogP contribution in [0.15, 0.2) is 94.7 Å². The Balaban J connectivity index is 0.000000244. The van der Waals surface area contributed by atoms with Crippen LogP contribution in [0.4, 0.5) is 0 Å². The highest BCUT2D eigenvalue weighted by Crippen LogP contribution is 2.54. The molecule has 0 spiro atoms. The van der Waals surface area contributed by atoms with Gasteiger partial charge in [-0.15, -0.1) is 23.5 Å². The van der Waals surface area contributed by atoms with Gasteiger partial charge in [-0.3, -0.25) is 9.59 Å². The van der Waals surface area contributed by atoms with Gasteiger partial charge < -0.3 is 29.5 Å². The fourth-order valence-corrected chi connectivity index (χ4v) is 12.6. The molecule has 65 heavy (non-hydrogen) atoms. The highest BCUT2D eigenvalue weighted by Gasteiger charge is 2.42. The van der Waals surface area contributed by atoms with Gasteiger partial charge in [0.15, 0.2) is 0 Å². The fourth-order valence-electron chi connectivity index (χ4n) is 9.78. The van der Waals surface area contributed by atoms with E-state index in [1.807, 2.05) is 35.7 Å². The number of phenolic OH excluding ortho intramolecular Hbond substituents is 2. The minimum Gasteiger partial charge on any atom is -0.508 e. The lowest BCUT2D eigenvalue weighted by atomic mass is 9.68. The second kappa shape index (κ2) is 26.2. The minimum atomic E-state index is -0.682. The first kappa shape index (κ1) is 51.7. The van der Waals surface area contributed by atoms with Crippen molar-refractivity contribution in [1.29, 1.82) is 0 Å². The van der Waals surface area contributed by atoms with Crippen molar-refractivity contribution < 1.29 is 39.1 Å². The normalized spacial score (nSPS) is 19.8. The van der Waals surface area contributed by atoms with Gasteiger partial charge in [0.25, 0.3) is 0 Å². The Morgan fingerprint density at radius 3 is 1.45 bits per heavy atom. The second-order valence-electron chi connectivity index (χ2n) is 18.4. The van der Waals surface area contributed by atoms with Crippen LogP contribution in [0.1, 0.15) is 164 Å². The van der Waals surface area contributed by atoms with Gasteiger partial charge in [-0.05, 0) is 108 Å². The van der Waals surface area contributed by atoms with Crippen molar-refractivity contribution >= 4 is 35.5 Å². The largest absolute Gasteiger partial charge is 0.508 e. The van der Waals surface area contributed by atoms with Crippen LogP contribution in [-0.4, -0.2) is 60.1 Å². The lowest BCUT2D eigenvalue weighted by Crippen LogP contribution is -2.36. The minimum absolute atomic E-state index is 0.0176. The summed E-state index contributed by atoms with van der Waals surface area (Å²) in [6, 6.07) is 28.7. The number of carboxylic acids is 1. The molecule has 10 heteroatoms. The SMILES string of the molecule is COC(=O)CCCCCCCCC[C@@H]1c2ccc(O)cc2SCC1(C)c1ccc(O)cc1.COc1ccc(C2(C)CSc3cc(OC)ccc3C2CCCCCCCCCC(=O)O)cc1. The number of carboxylic acid groups (broad SMARTS) is 1. The first-order valence-electron chi connectivity index (χ1n) is 23.9. The second-order valence-corrected chi connectivity index (χ2v) is 20.5. The zero-order valence-electron chi connectivity index (χ0n) is 39.6. The molecule has 2 aliphatic heterocycles. The van der Waals surface area contributed by atoms with E-state index in [0.717, 1.165) is 61.5 Å². The maximum Gasteiger partial charge on any atom is 0.305 e. The van der Waals surface area contributed by atoms with Crippen molar-refractivity contribution in [3.8, 4) is 23.0 Å². The van der Waals surface area contributed by atoms with Crippen LogP contribution in [0.3, 0.4) is 0 Å². The van der Waals surface area contributed by atoms with Gasteiger partial charge in [-0.2, -0.15) is 0 Å². The third-order valence-corrected chi connectivity index (χ3v) is 16.6. The summed E-state index contributed by atoms with van der Waals surface area (Å²) in [6.07, 6.45) is 18.9. The number of ether oxygens (including phenoxy) is 3. The highest BCUT2D eigenvalue weighted by atomic mass is 32.2. The number of carbonyl (C=O) groups is 2. The summed E-state index contributed by atoms with van der Waals surface area (Å²) in [5.74, 6) is 4.51. The van der Waals surface area contributed by atoms with E-state index < -0.39 is 5.97 Å². The van der Waals surface area contributed by atoms with Crippen LogP contribution in [0, 0.1) is 0 Å². The number of hydrogen-bond donors (Lipinski definition) is 3. The van der Waals surface area contributed by atoms with E-state index in [4.69, 9.17) is 14.6 Å². The van der Waals surface area contributed by atoms with E-state index in [9.17, 15) is 19.8 Å². The molecule has 0 saturated heterocycles. The number of aromatic hydroxyl groups is 2. The summed E-state index contributed by atoms with van der Waals surface area (Å²) >= 11 is 3.75. The smallest absolute Gasteiger partial charge is 0.305 e.